The molecule has 2 aliphatic rings. The molecule has 1 aliphatic heterocycles. The summed E-state index contributed by atoms with van der Waals surface area (Å²) in [6.45, 7) is 3.14. The van der Waals surface area contributed by atoms with Gasteiger partial charge in [-0.1, -0.05) is 18.6 Å². The van der Waals surface area contributed by atoms with Crippen LogP contribution in [0, 0.1) is 17.7 Å². The minimum atomic E-state index is -0.290. The van der Waals surface area contributed by atoms with Gasteiger partial charge in [-0.3, -0.25) is 4.90 Å². The number of likely N-dealkylation sites (tertiary alicyclic amines) is 1. The van der Waals surface area contributed by atoms with Crippen LogP contribution >= 0.6 is 0 Å². The van der Waals surface area contributed by atoms with E-state index in [2.05, 4.69) is 4.90 Å². The van der Waals surface area contributed by atoms with Crippen LogP contribution in [0.3, 0.4) is 0 Å². The maximum Gasteiger partial charge on any atom is 0.146 e. The third-order valence-corrected chi connectivity index (χ3v) is 4.34. The minimum absolute atomic E-state index is 0.290. The van der Waals surface area contributed by atoms with E-state index in [-0.39, 0.29) is 5.82 Å². The van der Waals surface area contributed by atoms with Gasteiger partial charge in [0.05, 0.1) is 5.69 Å². The topological polar surface area (TPSA) is 29.3 Å². The van der Waals surface area contributed by atoms with Crippen molar-refractivity contribution in [3.8, 4) is 0 Å². The van der Waals surface area contributed by atoms with Crippen molar-refractivity contribution < 1.29 is 4.39 Å². The van der Waals surface area contributed by atoms with Gasteiger partial charge in [0.1, 0.15) is 5.82 Å². The predicted octanol–water partition coefficient (Wildman–Crippen LogP) is 2.64. The molecule has 2 unspecified atom stereocenters. The number of fused-ring (bicyclic) bond motifs is 1. The van der Waals surface area contributed by atoms with Gasteiger partial charge in [0, 0.05) is 19.6 Å². The fourth-order valence-corrected chi connectivity index (χ4v) is 3.42. The number of hydrogen-bond acceptors (Lipinski definition) is 2. The van der Waals surface area contributed by atoms with E-state index in [0.29, 0.717) is 5.69 Å². The van der Waals surface area contributed by atoms with Crippen molar-refractivity contribution >= 4 is 5.69 Å². The highest BCUT2D eigenvalue weighted by molar-refractivity contribution is 5.47. The van der Waals surface area contributed by atoms with E-state index < -0.39 is 0 Å². The normalized spacial score (nSPS) is 28.5. The van der Waals surface area contributed by atoms with Crippen LogP contribution in [0.1, 0.15) is 24.8 Å². The molecule has 0 bridgehead atoms. The number of halogens is 1. The highest BCUT2D eigenvalue weighted by Gasteiger charge is 2.35. The monoisotopic (exact) mass is 234 g/mol. The van der Waals surface area contributed by atoms with Gasteiger partial charge in [-0.15, -0.1) is 0 Å². The molecule has 2 fully saturated rings. The molecule has 1 saturated carbocycles. The lowest BCUT2D eigenvalue weighted by atomic mass is 10.0. The van der Waals surface area contributed by atoms with E-state index in [9.17, 15) is 4.39 Å². The van der Waals surface area contributed by atoms with Crippen LogP contribution in [0.4, 0.5) is 10.1 Å². The van der Waals surface area contributed by atoms with Gasteiger partial charge in [-0.05, 0) is 36.3 Å². The zero-order valence-corrected chi connectivity index (χ0v) is 10.0. The maximum atomic E-state index is 13.3. The number of para-hydroxylation sites is 1. The van der Waals surface area contributed by atoms with Crippen LogP contribution in [-0.2, 0) is 6.54 Å². The molecule has 0 aromatic heterocycles. The van der Waals surface area contributed by atoms with Gasteiger partial charge >= 0.3 is 0 Å². The molecule has 0 amide bonds. The zero-order chi connectivity index (χ0) is 11.8. The first-order chi connectivity index (χ1) is 8.24. The lowest BCUT2D eigenvalue weighted by Gasteiger charge is -2.18. The molecule has 3 heteroatoms. The molecule has 2 nitrogen and oxygen atoms in total. The van der Waals surface area contributed by atoms with E-state index in [0.717, 1.165) is 23.9 Å². The Kier molecular flexibility index (Phi) is 2.79. The van der Waals surface area contributed by atoms with Crippen molar-refractivity contribution in [3.05, 3.63) is 29.6 Å². The van der Waals surface area contributed by atoms with Crippen LogP contribution in [0.5, 0.6) is 0 Å². The van der Waals surface area contributed by atoms with Gasteiger partial charge in [-0.25, -0.2) is 4.39 Å². The van der Waals surface area contributed by atoms with Crippen molar-refractivity contribution in [2.45, 2.75) is 25.8 Å². The molecule has 17 heavy (non-hydrogen) atoms. The lowest BCUT2D eigenvalue weighted by Crippen LogP contribution is -2.21. The Morgan fingerprint density at radius 1 is 1.24 bits per heavy atom. The summed E-state index contributed by atoms with van der Waals surface area (Å²) >= 11 is 0. The fraction of sp³-hybridized carbons (Fsp3) is 0.571. The van der Waals surface area contributed by atoms with Crippen molar-refractivity contribution in [1.82, 2.24) is 4.90 Å². The van der Waals surface area contributed by atoms with Gasteiger partial charge in [-0.2, -0.15) is 0 Å². The molecular formula is C14H19FN2. The number of anilines is 1. The summed E-state index contributed by atoms with van der Waals surface area (Å²) in [6, 6.07) is 5.11. The van der Waals surface area contributed by atoms with Crippen molar-refractivity contribution in [1.29, 1.82) is 0 Å². The first-order valence-corrected chi connectivity index (χ1v) is 6.49. The van der Waals surface area contributed by atoms with Crippen LogP contribution in [-0.4, -0.2) is 18.0 Å². The number of benzene rings is 1. The average molecular weight is 234 g/mol. The second-order valence-corrected chi connectivity index (χ2v) is 5.46. The van der Waals surface area contributed by atoms with E-state index in [4.69, 9.17) is 5.73 Å². The molecule has 1 saturated heterocycles. The SMILES string of the molecule is Nc1c(F)cccc1CN1CC2CCCC2C1. The van der Waals surface area contributed by atoms with Crippen molar-refractivity contribution in [2.24, 2.45) is 11.8 Å². The standard InChI is InChI=1S/C14H19FN2/c15-13-6-2-5-12(14(13)16)9-17-7-10-3-1-4-11(10)8-17/h2,5-6,10-11H,1,3-4,7-9,16H2. The molecule has 2 N–H and O–H groups in total. The molecule has 1 heterocycles. The Labute approximate surface area is 102 Å². The van der Waals surface area contributed by atoms with E-state index in [1.807, 2.05) is 6.07 Å². The number of nitrogens with two attached hydrogens (primary N) is 1. The third kappa shape index (κ3) is 2.04. The van der Waals surface area contributed by atoms with Crippen LogP contribution in [0.15, 0.2) is 18.2 Å². The summed E-state index contributed by atoms with van der Waals surface area (Å²) in [5.41, 5.74) is 7.03. The second-order valence-electron chi connectivity index (χ2n) is 5.46. The lowest BCUT2D eigenvalue weighted by molar-refractivity contribution is 0.303. The number of nitrogens with zero attached hydrogens (tertiary/aromatic N) is 1. The smallest absolute Gasteiger partial charge is 0.146 e. The summed E-state index contributed by atoms with van der Waals surface area (Å²) in [7, 11) is 0. The Morgan fingerprint density at radius 2 is 1.94 bits per heavy atom. The summed E-state index contributed by atoms with van der Waals surface area (Å²) in [5.74, 6) is 1.47. The number of rotatable bonds is 2. The highest BCUT2D eigenvalue weighted by atomic mass is 19.1. The number of hydrogen-bond donors (Lipinski definition) is 1. The average Bonchev–Trinajstić information content (AvgIpc) is 2.85. The van der Waals surface area contributed by atoms with Gasteiger partial charge in [0.2, 0.25) is 0 Å². The van der Waals surface area contributed by atoms with Crippen molar-refractivity contribution in [3.63, 3.8) is 0 Å². The summed E-state index contributed by atoms with van der Waals surface area (Å²) in [4.78, 5) is 2.43. The molecule has 2 atom stereocenters. The first-order valence-electron chi connectivity index (χ1n) is 6.49. The molecule has 0 radical (unpaired) electrons. The Balaban J connectivity index is 1.70. The van der Waals surface area contributed by atoms with Crippen LogP contribution in [0.25, 0.3) is 0 Å². The maximum absolute atomic E-state index is 13.3. The largest absolute Gasteiger partial charge is 0.396 e. The van der Waals surface area contributed by atoms with E-state index >= 15 is 0 Å². The van der Waals surface area contributed by atoms with Gasteiger partial charge in [0.25, 0.3) is 0 Å². The third-order valence-electron chi connectivity index (χ3n) is 4.34. The Bertz CT molecular complexity index is 407. The number of nitrogen functional groups attached to an aromatic ring is 1. The van der Waals surface area contributed by atoms with E-state index in [1.54, 1.807) is 6.07 Å². The summed E-state index contributed by atoms with van der Waals surface area (Å²) in [6.07, 6.45) is 4.14. The second kappa shape index (κ2) is 4.30. The predicted molar refractivity (Wildman–Crippen MR) is 66.9 cm³/mol. The molecule has 0 spiro atoms. The summed E-state index contributed by atoms with van der Waals surface area (Å²) < 4.78 is 13.3. The minimum Gasteiger partial charge on any atom is -0.396 e. The molecule has 3 rings (SSSR count). The van der Waals surface area contributed by atoms with Crippen LogP contribution < -0.4 is 5.73 Å². The zero-order valence-electron chi connectivity index (χ0n) is 10.0. The molecular weight excluding hydrogens is 215 g/mol. The Morgan fingerprint density at radius 3 is 2.65 bits per heavy atom. The van der Waals surface area contributed by atoms with Crippen molar-refractivity contribution in [2.75, 3.05) is 18.8 Å². The highest BCUT2D eigenvalue weighted by Crippen LogP contribution is 2.38. The first kappa shape index (κ1) is 11.0. The molecule has 1 aliphatic carbocycles. The molecule has 92 valence electrons. The summed E-state index contributed by atoms with van der Waals surface area (Å²) in [5, 5.41) is 0. The molecule has 1 aromatic carbocycles. The quantitative estimate of drug-likeness (QED) is 0.797. The Hall–Kier alpha value is -1.09. The molecule has 1 aromatic rings. The fourth-order valence-electron chi connectivity index (χ4n) is 3.42. The van der Waals surface area contributed by atoms with Gasteiger partial charge in [0.15, 0.2) is 0 Å². The van der Waals surface area contributed by atoms with Gasteiger partial charge < -0.3 is 5.73 Å². The van der Waals surface area contributed by atoms with E-state index in [1.165, 1.54) is 38.4 Å². The van der Waals surface area contributed by atoms with Crippen LogP contribution in [0.2, 0.25) is 0 Å².